The Morgan fingerprint density at radius 3 is 2.79 bits per heavy atom. The molecule has 3 heterocycles. The van der Waals surface area contributed by atoms with Crippen LogP contribution >= 0.6 is 0 Å². The van der Waals surface area contributed by atoms with Gasteiger partial charge in [-0.15, -0.1) is 0 Å². The minimum absolute atomic E-state index is 0.0550. The van der Waals surface area contributed by atoms with Gasteiger partial charge in [0.05, 0.1) is 37.3 Å². The number of rotatable bonds is 8. The summed E-state index contributed by atoms with van der Waals surface area (Å²) in [6.07, 6.45) is 6.21. The van der Waals surface area contributed by atoms with Gasteiger partial charge in [0.25, 0.3) is 0 Å². The van der Waals surface area contributed by atoms with E-state index in [0.29, 0.717) is 6.54 Å². The van der Waals surface area contributed by atoms with E-state index in [1.165, 1.54) is 6.20 Å². The van der Waals surface area contributed by atoms with Crippen molar-refractivity contribution in [2.45, 2.75) is 44.9 Å². The van der Waals surface area contributed by atoms with E-state index in [9.17, 15) is 18.3 Å². The fourth-order valence-corrected chi connectivity index (χ4v) is 3.47. The van der Waals surface area contributed by atoms with Gasteiger partial charge in [0.15, 0.2) is 0 Å². The molecule has 0 fully saturated rings. The topological polar surface area (TPSA) is 78.8 Å². The molecule has 1 aliphatic heterocycles. The molecule has 0 aromatic carbocycles. The number of aromatic nitrogens is 4. The van der Waals surface area contributed by atoms with Crippen LogP contribution < -0.4 is 5.32 Å². The monoisotopic (exact) mass is 407 g/mol. The van der Waals surface area contributed by atoms with E-state index in [2.05, 4.69) is 34.1 Å². The Balaban J connectivity index is 1.99. The number of aliphatic hydroxyl groups is 1. The van der Waals surface area contributed by atoms with Crippen molar-refractivity contribution in [3.63, 3.8) is 0 Å². The Morgan fingerprint density at radius 1 is 1.34 bits per heavy atom. The molecular weight excluding hydrogens is 383 g/mol. The first-order chi connectivity index (χ1) is 13.9. The Kier molecular flexibility index (Phi) is 6.26. The molecule has 29 heavy (non-hydrogen) atoms. The van der Waals surface area contributed by atoms with Crippen molar-refractivity contribution in [1.29, 1.82) is 0 Å². The summed E-state index contributed by atoms with van der Waals surface area (Å²) < 4.78 is 41.5. The van der Waals surface area contributed by atoms with Gasteiger partial charge in [-0.3, -0.25) is 9.78 Å². The first kappa shape index (κ1) is 20.9. The van der Waals surface area contributed by atoms with Crippen LogP contribution in [0.4, 0.5) is 13.2 Å². The number of aliphatic hydroxyl groups excluding tert-OH is 1. The Hall–Kier alpha value is -2.81. The SMILES string of the molecule is C=Cc1c(C2=CNC(c3cn[nH]c3C(F)(F)F)C=C2CCCC)cnn1CCO. The van der Waals surface area contributed by atoms with Gasteiger partial charge in [0.1, 0.15) is 5.69 Å². The fraction of sp³-hybridized carbons (Fsp3) is 0.400. The van der Waals surface area contributed by atoms with Crippen LogP contribution in [0, 0.1) is 0 Å². The highest BCUT2D eigenvalue weighted by molar-refractivity contribution is 5.83. The van der Waals surface area contributed by atoms with Crippen LogP contribution in [-0.2, 0) is 12.7 Å². The quantitative estimate of drug-likeness (QED) is 0.617. The average molecular weight is 407 g/mol. The molecule has 3 rings (SSSR count). The lowest BCUT2D eigenvalue weighted by molar-refractivity contribution is -0.141. The van der Waals surface area contributed by atoms with Crippen molar-refractivity contribution >= 4 is 11.6 Å². The molecule has 3 N–H and O–H groups in total. The first-order valence-electron chi connectivity index (χ1n) is 9.47. The molecule has 9 heteroatoms. The van der Waals surface area contributed by atoms with Gasteiger partial charge in [-0.1, -0.05) is 26.0 Å². The minimum atomic E-state index is -4.50. The van der Waals surface area contributed by atoms with E-state index in [4.69, 9.17) is 0 Å². The molecule has 156 valence electrons. The summed E-state index contributed by atoms with van der Waals surface area (Å²) in [5.74, 6) is 0. The number of nitrogens with zero attached hydrogens (tertiary/aromatic N) is 3. The Labute approximate surface area is 166 Å². The van der Waals surface area contributed by atoms with Gasteiger partial charge in [-0.05, 0) is 24.5 Å². The lowest BCUT2D eigenvalue weighted by Crippen LogP contribution is -2.22. The molecule has 1 aliphatic rings. The summed E-state index contributed by atoms with van der Waals surface area (Å²) >= 11 is 0. The van der Waals surface area contributed by atoms with Crippen molar-refractivity contribution in [3.8, 4) is 0 Å². The highest BCUT2D eigenvalue weighted by Crippen LogP contribution is 2.38. The standard InChI is InChI=1S/C20H24F3N5O/c1-3-5-6-13-9-17(16-11-25-27-19(16)20(21,22)23)24-10-14(13)15-12-26-28(7-8-29)18(15)4-2/h4,9-12,17,24,29H,2-3,5-8H2,1H3,(H,25,27). The molecule has 0 amide bonds. The molecule has 0 saturated carbocycles. The maximum atomic E-state index is 13.3. The van der Waals surface area contributed by atoms with Crippen molar-refractivity contribution in [2.24, 2.45) is 0 Å². The van der Waals surface area contributed by atoms with Crippen molar-refractivity contribution < 1.29 is 18.3 Å². The number of alkyl halides is 3. The summed E-state index contributed by atoms with van der Waals surface area (Å²) in [4.78, 5) is 0. The molecule has 0 saturated heterocycles. The number of halogens is 3. The van der Waals surface area contributed by atoms with E-state index < -0.39 is 17.9 Å². The summed E-state index contributed by atoms with van der Waals surface area (Å²) in [6, 6.07) is -0.638. The molecule has 1 unspecified atom stereocenters. The molecule has 0 aliphatic carbocycles. The van der Waals surface area contributed by atoms with Gasteiger partial charge in [-0.25, -0.2) is 0 Å². The van der Waals surface area contributed by atoms with Crippen molar-refractivity contribution in [3.05, 3.63) is 59.3 Å². The normalized spacial score (nSPS) is 16.9. The van der Waals surface area contributed by atoms with Gasteiger partial charge >= 0.3 is 6.18 Å². The summed E-state index contributed by atoms with van der Waals surface area (Å²) in [5, 5.41) is 22.3. The Bertz CT molecular complexity index is 923. The highest BCUT2D eigenvalue weighted by atomic mass is 19.4. The third-order valence-electron chi connectivity index (χ3n) is 4.88. The number of hydrogen-bond donors (Lipinski definition) is 3. The van der Waals surface area contributed by atoms with Gasteiger partial charge in [0, 0.05) is 22.9 Å². The fourth-order valence-electron chi connectivity index (χ4n) is 3.47. The third-order valence-corrected chi connectivity index (χ3v) is 4.88. The summed E-state index contributed by atoms with van der Waals surface area (Å²) in [5.41, 5.74) is 2.60. The van der Waals surface area contributed by atoms with Crippen molar-refractivity contribution in [1.82, 2.24) is 25.3 Å². The highest BCUT2D eigenvalue weighted by Gasteiger charge is 2.37. The maximum absolute atomic E-state index is 13.3. The molecular formula is C20H24F3N5O. The van der Waals surface area contributed by atoms with E-state index >= 15 is 0 Å². The second-order valence-electron chi connectivity index (χ2n) is 6.79. The number of unbranched alkanes of at least 4 members (excludes halogenated alkanes) is 1. The molecule has 0 spiro atoms. The van der Waals surface area contributed by atoms with Crippen LogP contribution in [0.2, 0.25) is 0 Å². The zero-order chi connectivity index (χ0) is 21.0. The molecule has 2 aromatic rings. The minimum Gasteiger partial charge on any atom is -0.394 e. The lowest BCUT2D eigenvalue weighted by Gasteiger charge is -2.24. The lowest BCUT2D eigenvalue weighted by atomic mass is 9.89. The zero-order valence-corrected chi connectivity index (χ0v) is 16.1. The number of hydrogen-bond acceptors (Lipinski definition) is 4. The van der Waals surface area contributed by atoms with Gasteiger partial charge in [0.2, 0.25) is 0 Å². The number of aromatic amines is 1. The van der Waals surface area contributed by atoms with Gasteiger partial charge < -0.3 is 10.4 Å². The number of nitrogens with one attached hydrogen (secondary N) is 2. The van der Waals surface area contributed by atoms with Crippen LogP contribution in [0.3, 0.4) is 0 Å². The number of allylic oxidation sites excluding steroid dienone is 2. The molecule has 0 bridgehead atoms. The smallest absolute Gasteiger partial charge is 0.394 e. The predicted octanol–water partition coefficient (Wildman–Crippen LogP) is 4.06. The second kappa shape index (κ2) is 8.69. The molecule has 2 aromatic heterocycles. The number of dihydropyridines is 1. The molecule has 0 radical (unpaired) electrons. The zero-order valence-electron chi connectivity index (χ0n) is 16.1. The van der Waals surface area contributed by atoms with Gasteiger partial charge in [-0.2, -0.15) is 23.4 Å². The van der Waals surface area contributed by atoms with Crippen LogP contribution in [0.25, 0.3) is 11.6 Å². The van der Waals surface area contributed by atoms with Crippen LogP contribution in [0.5, 0.6) is 0 Å². The number of H-pyrrole nitrogens is 1. The van der Waals surface area contributed by atoms with Crippen LogP contribution in [-0.4, -0.2) is 31.7 Å². The predicted molar refractivity (Wildman–Crippen MR) is 104 cm³/mol. The van der Waals surface area contributed by atoms with E-state index in [1.54, 1.807) is 23.2 Å². The molecule has 6 nitrogen and oxygen atoms in total. The largest absolute Gasteiger partial charge is 0.433 e. The summed E-state index contributed by atoms with van der Waals surface area (Å²) in [6.45, 7) is 6.18. The van der Waals surface area contributed by atoms with Crippen LogP contribution in [0.1, 0.15) is 54.7 Å². The molecule has 1 atom stereocenters. The summed E-state index contributed by atoms with van der Waals surface area (Å²) in [7, 11) is 0. The third kappa shape index (κ3) is 4.29. The second-order valence-corrected chi connectivity index (χ2v) is 6.79. The first-order valence-corrected chi connectivity index (χ1v) is 9.47. The van der Waals surface area contributed by atoms with E-state index in [-0.39, 0.29) is 12.2 Å². The van der Waals surface area contributed by atoms with Crippen molar-refractivity contribution in [2.75, 3.05) is 6.61 Å². The average Bonchev–Trinajstić information content (AvgIpc) is 3.33. The van der Waals surface area contributed by atoms with E-state index in [0.717, 1.165) is 41.7 Å². The maximum Gasteiger partial charge on any atom is 0.433 e. The van der Waals surface area contributed by atoms with E-state index in [1.807, 2.05) is 6.08 Å². The van der Waals surface area contributed by atoms with Crippen LogP contribution in [0.15, 0.2) is 36.8 Å². The Morgan fingerprint density at radius 2 is 2.14 bits per heavy atom.